The molecule has 2 aromatic rings. The van der Waals surface area contributed by atoms with Crippen LogP contribution in [0.5, 0.6) is 5.75 Å². The molecule has 28 heavy (non-hydrogen) atoms. The van der Waals surface area contributed by atoms with E-state index in [1.807, 2.05) is 25.3 Å². The van der Waals surface area contributed by atoms with Crippen LogP contribution in [0.15, 0.2) is 28.7 Å². The minimum Gasteiger partial charge on any atom is -0.481 e. The van der Waals surface area contributed by atoms with E-state index in [1.165, 1.54) is 0 Å². The molecule has 1 aromatic heterocycles. The molecule has 0 bridgehead atoms. The summed E-state index contributed by atoms with van der Waals surface area (Å²) in [4.78, 5) is 24.4. The molecule has 0 aliphatic carbocycles. The second kappa shape index (κ2) is 10.1. The molecule has 1 heterocycles. The molecule has 0 aliphatic heterocycles. The van der Waals surface area contributed by atoms with E-state index < -0.39 is 5.97 Å². The first-order valence-corrected chi connectivity index (χ1v) is 9.85. The van der Waals surface area contributed by atoms with Gasteiger partial charge in [-0.05, 0) is 61.0 Å². The molecule has 8 heteroatoms. The zero-order valence-corrected chi connectivity index (χ0v) is 18.6. The van der Waals surface area contributed by atoms with E-state index in [1.54, 1.807) is 31.4 Å². The Labute approximate surface area is 177 Å². The Morgan fingerprint density at radius 3 is 2.57 bits per heavy atom. The van der Waals surface area contributed by atoms with Crippen LogP contribution in [-0.4, -0.2) is 43.3 Å². The number of carbonyl (C=O) groups is 2. The van der Waals surface area contributed by atoms with Gasteiger partial charge in [-0.1, -0.05) is 11.6 Å². The maximum atomic E-state index is 12.5. The number of nitrogens with zero attached hydrogens (tertiary/aromatic N) is 1. The van der Waals surface area contributed by atoms with Gasteiger partial charge in [0.15, 0.2) is 13.2 Å². The molecule has 152 valence electrons. The second-order valence-corrected chi connectivity index (χ2v) is 7.70. The number of benzene rings is 1. The van der Waals surface area contributed by atoms with E-state index in [0.717, 1.165) is 11.4 Å². The van der Waals surface area contributed by atoms with Gasteiger partial charge in [0.05, 0.1) is 17.1 Å². The maximum absolute atomic E-state index is 12.5. The molecule has 1 atom stereocenters. The minimum absolute atomic E-state index is 0.0975. The van der Waals surface area contributed by atoms with Crippen LogP contribution in [0.4, 0.5) is 0 Å². The average molecular weight is 473 g/mol. The molecule has 0 saturated heterocycles. The number of aryl methyl sites for hydroxylation is 1. The topological polar surface area (TPSA) is 66.8 Å². The number of Topliss-reactive ketones (excluding diaryl/α,β-unsaturated/α-hetero) is 1. The molecule has 0 N–H and O–H groups in total. The highest BCUT2D eigenvalue weighted by Crippen LogP contribution is 2.28. The predicted molar refractivity (Wildman–Crippen MR) is 110 cm³/mol. The van der Waals surface area contributed by atoms with Crippen LogP contribution in [0.2, 0.25) is 5.02 Å². The zero-order valence-electron chi connectivity index (χ0n) is 16.3. The number of ether oxygens (including phenoxy) is 3. The number of esters is 1. The molecule has 1 unspecified atom stereocenters. The molecule has 2 rings (SSSR count). The lowest BCUT2D eigenvalue weighted by atomic mass is 10.1. The van der Waals surface area contributed by atoms with Crippen LogP contribution in [-0.2, 0) is 14.3 Å². The van der Waals surface area contributed by atoms with Gasteiger partial charge in [-0.3, -0.25) is 4.79 Å². The van der Waals surface area contributed by atoms with E-state index in [2.05, 4.69) is 15.9 Å². The first kappa shape index (κ1) is 22.5. The zero-order chi connectivity index (χ0) is 20.8. The SMILES string of the molecule is COCC(C)n1c(C)cc(C(=O)COC(=O)COc2ccc(Cl)cc2Br)c1C. The summed E-state index contributed by atoms with van der Waals surface area (Å²) >= 11 is 9.16. The van der Waals surface area contributed by atoms with Crippen molar-refractivity contribution in [2.45, 2.75) is 26.8 Å². The second-order valence-electron chi connectivity index (χ2n) is 6.41. The fourth-order valence-electron chi connectivity index (χ4n) is 3.05. The van der Waals surface area contributed by atoms with Crippen molar-refractivity contribution in [3.05, 3.63) is 50.7 Å². The van der Waals surface area contributed by atoms with Crippen molar-refractivity contribution in [2.24, 2.45) is 0 Å². The lowest BCUT2D eigenvalue weighted by molar-refractivity contribution is -0.144. The summed E-state index contributed by atoms with van der Waals surface area (Å²) in [5.74, 6) is -0.426. The first-order chi connectivity index (χ1) is 13.2. The van der Waals surface area contributed by atoms with E-state index in [4.69, 9.17) is 25.8 Å². The molecule has 0 aliphatic rings. The number of carbonyl (C=O) groups excluding carboxylic acids is 2. The summed E-state index contributed by atoms with van der Waals surface area (Å²) in [6.07, 6.45) is 0. The van der Waals surface area contributed by atoms with Gasteiger partial charge in [0.25, 0.3) is 0 Å². The van der Waals surface area contributed by atoms with Crippen LogP contribution < -0.4 is 4.74 Å². The standard InChI is InChI=1S/C20H23BrClNO5/c1-12-7-16(14(3)23(12)13(2)9-26-4)18(24)10-28-20(25)11-27-19-6-5-15(22)8-17(19)21/h5-8,13H,9-11H2,1-4H3. The monoisotopic (exact) mass is 471 g/mol. The minimum atomic E-state index is -0.628. The largest absolute Gasteiger partial charge is 0.481 e. The lowest BCUT2D eigenvalue weighted by Crippen LogP contribution is -2.20. The third-order valence-electron chi connectivity index (χ3n) is 4.24. The molecule has 1 aromatic carbocycles. The van der Waals surface area contributed by atoms with E-state index in [9.17, 15) is 9.59 Å². The number of hydrogen-bond acceptors (Lipinski definition) is 5. The van der Waals surface area contributed by atoms with Crippen molar-refractivity contribution in [1.29, 1.82) is 0 Å². The quantitative estimate of drug-likeness (QED) is 0.396. The number of hydrogen-bond donors (Lipinski definition) is 0. The third kappa shape index (κ3) is 5.59. The van der Waals surface area contributed by atoms with Crippen LogP contribution in [0.25, 0.3) is 0 Å². The first-order valence-electron chi connectivity index (χ1n) is 8.68. The van der Waals surface area contributed by atoms with Crippen molar-refractivity contribution in [3.63, 3.8) is 0 Å². The number of ketones is 1. The van der Waals surface area contributed by atoms with E-state index in [-0.39, 0.29) is 25.0 Å². The van der Waals surface area contributed by atoms with Gasteiger partial charge in [0.1, 0.15) is 5.75 Å². The van der Waals surface area contributed by atoms with Gasteiger partial charge in [-0.2, -0.15) is 0 Å². The van der Waals surface area contributed by atoms with E-state index in [0.29, 0.717) is 27.4 Å². The smallest absolute Gasteiger partial charge is 0.344 e. The Bertz CT molecular complexity index is 865. The summed E-state index contributed by atoms with van der Waals surface area (Å²) in [5.41, 5.74) is 2.31. The van der Waals surface area contributed by atoms with Crippen molar-refractivity contribution < 1.29 is 23.8 Å². The van der Waals surface area contributed by atoms with Gasteiger partial charge in [-0.25, -0.2) is 4.79 Å². The average Bonchev–Trinajstić information content (AvgIpc) is 2.93. The summed E-state index contributed by atoms with van der Waals surface area (Å²) in [6, 6.07) is 6.85. The summed E-state index contributed by atoms with van der Waals surface area (Å²) in [6.45, 7) is 5.71. The third-order valence-corrected chi connectivity index (χ3v) is 5.09. The Morgan fingerprint density at radius 2 is 1.93 bits per heavy atom. The molecule has 6 nitrogen and oxygen atoms in total. The highest BCUT2D eigenvalue weighted by molar-refractivity contribution is 9.10. The Morgan fingerprint density at radius 1 is 1.21 bits per heavy atom. The Hall–Kier alpha value is -1.83. The number of aromatic nitrogens is 1. The van der Waals surface area contributed by atoms with Crippen LogP contribution in [0, 0.1) is 13.8 Å². The van der Waals surface area contributed by atoms with Crippen molar-refractivity contribution in [1.82, 2.24) is 4.57 Å². The van der Waals surface area contributed by atoms with Gasteiger partial charge >= 0.3 is 5.97 Å². The lowest BCUT2D eigenvalue weighted by Gasteiger charge is -2.17. The summed E-state index contributed by atoms with van der Waals surface area (Å²) in [7, 11) is 1.64. The summed E-state index contributed by atoms with van der Waals surface area (Å²) < 4.78 is 18.3. The molecule has 0 fully saturated rings. The summed E-state index contributed by atoms with van der Waals surface area (Å²) in [5, 5.41) is 0.546. The molecular formula is C20H23BrClNO5. The van der Waals surface area contributed by atoms with Crippen molar-refractivity contribution in [3.8, 4) is 5.75 Å². The maximum Gasteiger partial charge on any atom is 0.344 e. The molecule has 0 spiro atoms. The van der Waals surface area contributed by atoms with Crippen LogP contribution >= 0.6 is 27.5 Å². The fraction of sp³-hybridized carbons (Fsp3) is 0.400. The number of methoxy groups -OCH3 is 1. The molecular weight excluding hydrogens is 450 g/mol. The highest BCUT2D eigenvalue weighted by Gasteiger charge is 2.20. The number of halogens is 2. The predicted octanol–water partition coefficient (Wildman–Crippen LogP) is 4.53. The van der Waals surface area contributed by atoms with Crippen LogP contribution in [0.3, 0.4) is 0 Å². The highest BCUT2D eigenvalue weighted by atomic mass is 79.9. The molecule has 0 radical (unpaired) electrons. The van der Waals surface area contributed by atoms with Gasteiger partial charge in [0, 0.05) is 29.1 Å². The van der Waals surface area contributed by atoms with Crippen molar-refractivity contribution >= 4 is 39.3 Å². The fourth-order valence-corrected chi connectivity index (χ4v) is 3.84. The normalized spacial score (nSPS) is 11.9. The van der Waals surface area contributed by atoms with Crippen LogP contribution in [0.1, 0.15) is 34.7 Å². The van der Waals surface area contributed by atoms with Gasteiger partial charge in [-0.15, -0.1) is 0 Å². The Kier molecular flexibility index (Phi) is 8.10. The van der Waals surface area contributed by atoms with Gasteiger partial charge in [0.2, 0.25) is 5.78 Å². The Balaban J connectivity index is 1.93. The molecule has 0 amide bonds. The van der Waals surface area contributed by atoms with E-state index >= 15 is 0 Å². The number of rotatable bonds is 9. The van der Waals surface area contributed by atoms with Gasteiger partial charge < -0.3 is 18.8 Å². The van der Waals surface area contributed by atoms with Crippen molar-refractivity contribution in [2.75, 3.05) is 26.9 Å². The molecule has 0 saturated carbocycles.